The molecule has 10 heteroatoms. The number of hydrogen-bond donors (Lipinski definition) is 0. The maximum absolute atomic E-state index is 13.5. The number of allylic oxidation sites excluding steroid dienone is 1. The SMILES string of the molecule is CC(=O)Oc1ccc(N2C(=O)CC(N(CCC3=CCCCC3)S(=O)(=O)c3cccs3)C2=O)cc1. The minimum atomic E-state index is -3.96. The van der Waals surface area contributed by atoms with Crippen molar-refractivity contribution < 1.29 is 27.5 Å². The second kappa shape index (κ2) is 10.2. The first kappa shape index (κ1) is 24.3. The summed E-state index contributed by atoms with van der Waals surface area (Å²) in [6.07, 6.45) is 6.55. The van der Waals surface area contributed by atoms with Crippen molar-refractivity contribution in [3.05, 3.63) is 53.4 Å². The number of esters is 1. The Hall–Kier alpha value is -2.82. The molecule has 0 radical (unpaired) electrons. The Morgan fingerprint density at radius 3 is 2.56 bits per heavy atom. The molecule has 4 rings (SSSR count). The molecule has 1 aliphatic carbocycles. The molecule has 2 aliphatic rings. The number of rotatable bonds is 8. The van der Waals surface area contributed by atoms with E-state index in [0.29, 0.717) is 12.1 Å². The van der Waals surface area contributed by atoms with E-state index in [-0.39, 0.29) is 22.9 Å². The Balaban J connectivity index is 1.60. The van der Waals surface area contributed by atoms with Crippen molar-refractivity contribution in [3.8, 4) is 5.75 Å². The number of hydrogen-bond acceptors (Lipinski definition) is 7. The number of imide groups is 1. The van der Waals surface area contributed by atoms with Gasteiger partial charge in [0.2, 0.25) is 5.91 Å². The van der Waals surface area contributed by atoms with Crippen LogP contribution in [0.5, 0.6) is 5.75 Å². The fourth-order valence-corrected chi connectivity index (χ4v) is 7.00. The molecule has 2 heterocycles. The van der Waals surface area contributed by atoms with Crippen LogP contribution in [0, 0.1) is 0 Å². The van der Waals surface area contributed by atoms with Crippen molar-refractivity contribution in [1.29, 1.82) is 0 Å². The van der Waals surface area contributed by atoms with Gasteiger partial charge in [-0.2, -0.15) is 4.31 Å². The Labute approximate surface area is 202 Å². The first-order valence-electron chi connectivity index (χ1n) is 11.2. The summed E-state index contributed by atoms with van der Waals surface area (Å²) in [7, 11) is -3.96. The van der Waals surface area contributed by atoms with Gasteiger partial charge in [0.05, 0.1) is 12.1 Å². The molecule has 1 fully saturated rings. The second-order valence-electron chi connectivity index (χ2n) is 8.28. The largest absolute Gasteiger partial charge is 0.427 e. The Bertz CT molecular complexity index is 1200. The van der Waals surface area contributed by atoms with E-state index in [1.54, 1.807) is 11.4 Å². The van der Waals surface area contributed by atoms with Crippen molar-refractivity contribution in [2.24, 2.45) is 0 Å². The smallest absolute Gasteiger partial charge is 0.308 e. The molecule has 1 atom stereocenters. The van der Waals surface area contributed by atoms with Gasteiger partial charge in [-0.1, -0.05) is 17.7 Å². The monoisotopic (exact) mass is 502 g/mol. The summed E-state index contributed by atoms with van der Waals surface area (Å²) in [4.78, 5) is 38.4. The van der Waals surface area contributed by atoms with E-state index in [2.05, 4.69) is 6.08 Å². The third-order valence-electron chi connectivity index (χ3n) is 5.92. The molecule has 1 aliphatic heterocycles. The normalized spacial score (nSPS) is 18.9. The van der Waals surface area contributed by atoms with E-state index in [1.807, 2.05) is 0 Å². The lowest BCUT2D eigenvalue weighted by atomic mass is 9.97. The van der Waals surface area contributed by atoms with Gasteiger partial charge in [0.1, 0.15) is 16.0 Å². The highest BCUT2D eigenvalue weighted by Crippen LogP contribution is 2.32. The van der Waals surface area contributed by atoms with Gasteiger partial charge >= 0.3 is 5.97 Å². The average Bonchev–Trinajstić information content (AvgIpc) is 3.44. The lowest BCUT2D eigenvalue weighted by Gasteiger charge is -2.27. The van der Waals surface area contributed by atoms with Gasteiger partial charge in [-0.05, 0) is 67.8 Å². The molecule has 8 nitrogen and oxygen atoms in total. The van der Waals surface area contributed by atoms with Crippen LogP contribution >= 0.6 is 11.3 Å². The summed E-state index contributed by atoms with van der Waals surface area (Å²) in [5.41, 5.74) is 1.49. The summed E-state index contributed by atoms with van der Waals surface area (Å²) in [5.74, 6) is -1.25. The van der Waals surface area contributed by atoms with E-state index in [4.69, 9.17) is 4.74 Å². The zero-order chi connectivity index (χ0) is 24.3. The van der Waals surface area contributed by atoms with E-state index in [1.165, 1.54) is 47.1 Å². The third kappa shape index (κ3) is 5.13. The predicted octanol–water partition coefficient (Wildman–Crippen LogP) is 3.89. The van der Waals surface area contributed by atoms with Gasteiger partial charge in [0, 0.05) is 13.5 Å². The van der Waals surface area contributed by atoms with Gasteiger partial charge in [-0.3, -0.25) is 14.4 Å². The van der Waals surface area contributed by atoms with Crippen molar-refractivity contribution in [2.45, 2.75) is 55.7 Å². The maximum atomic E-state index is 13.5. The molecule has 0 bridgehead atoms. The molecule has 2 aromatic rings. The van der Waals surface area contributed by atoms with Crippen LogP contribution in [0.2, 0.25) is 0 Å². The summed E-state index contributed by atoms with van der Waals surface area (Å²) in [6, 6.07) is 8.03. The molecule has 34 heavy (non-hydrogen) atoms. The van der Waals surface area contributed by atoms with Gasteiger partial charge in [0.25, 0.3) is 15.9 Å². The molecule has 180 valence electrons. The predicted molar refractivity (Wildman–Crippen MR) is 128 cm³/mol. The highest BCUT2D eigenvalue weighted by atomic mass is 32.2. The van der Waals surface area contributed by atoms with Crippen molar-refractivity contribution in [2.75, 3.05) is 11.4 Å². The van der Waals surface area contributed by atoms with Crippen molar-refractivity contribution in [1.82, 2.24) is 4.31 Å². The van der Waals surface area contributed by atoms with Crippen molar-refractivity contribution >= 4 is 44.8 Å². The molecule has 0 spiro atoms. The minimum Gasteiger partial charge on any atom is -0.427 e. The highest BCUT2D eigenvalue weighted by Gasteiger charge is 2.47. The number of benzene rings is 1. The van der Waals surface area contributed by atoms with Gasteiger partial charge in [-0.15, -0.1) is 11.3 Å². The highest BCUT2D eigenvalue weighted by molar-refractivity contribution is 7.91. The fourth-order valence-electron chi connectivity index (χ4n) is 4.30. The number of amides is 2. The Kier molecular flexibility index (Phi) is 7.30. The molecule has 2 amide bonds. The van der Waals surface area contributed by atoms with Crippen LogP contribution in [0.1, 0.15) is 45.4 Å². The maximum Gasteiger partial charge on any atom is 0.308 e. The number of thiophene rings is 1. The van der Waals surface area contributed by atoms with Crippen LogP contribution < -0.4 is 9.64 Å². The third-order valence-corrected chi connectivity index (χ3v) is 9.20. The lowest BCUT2D eigenvalue weighted by Crippen LogP contribution is -2.45. The summed E-state index contributed by atoms with van der Waals surface area (Å²) in [6.45, 7) is 1.41. The summed E-state index contributed by atoms with van der Waals surface area (Å²) < 4.78 is 33.3. The minimum absolute atomic E-state index is 0.134. The zero-order valence-corrected chi connectivity index (χ0v) is 20.4. The van der Waals surface area contributed by atoms with E-state index in [9.17, 15) is 22.8 Å². The molecule has 0 saturated carbocycles. The van der Waals surface area contributed by atoms with Gasteiger partial charge < -0.3 is 4.74 Å². The van der Waals surface area contributed by atoms with Crippen LogP contribution in [0.25, 0.3) is 0 Å². The number of anilines is 1. The van der Waals surface area contributed by atoms with Crippen LogP contribution in [0.3, 0.4) is 0 Å². The van der Waals surface area contributed by atoms with Gasteiger partial charge in [0.15, 0.2) is 0 Å². The molecular formula is C24H26N2O6S2. The van der Waals surface area contributed by atoms with Crippen LogP contribution in [-0.4, -0.2) is 43.1 Å². The number of ether oxygens (including phenoxy) is 1. The molecule has 0 N–H and O–H groups in total. The standard InChI is InChI=1S/C24H26N2O6S2/c1-17(27)32-20-11-9-19(10-12-20)26-22(28)16-21(24(26)29)25(14-13-18-6-3-2-4-7-18)34(30,31)23-8-5-15-33-23/h5-6,8-12,15,21H,2-4,7,13-14,16H2,1H3. The second-order valence-corrected chi connectivity index (χ2v) is 11.3. The van der Waals surface area contributed by atoms with Crippen molar-refractivity contribution in [3.63, 3.8) is 0 Å². The molecule has 1 saturated heterocycles. The van der Waals surface area contributed by atoms with E-state index >= 15 is 0 Å². The Morgan fingerprint density at radius 2 is 1.94 bits per heavy atom. The summed E-state index contributed by atoms with van der Waals surface area (Å²) in [5, 5.41) is 1.67. The number of nitrogens with zero attached hydrogens (tertiary/aromatic N) is 2. The number of carbonyl (C=O) groups is 3. The first-order chi connectivity index (χ1) is 16.3. The number of carbonyl (C=O) groups excluding carboxylic acids is 3. The fraction of sp³-hybridized carbons (Fsp3) is 0.375. The summed E-state index contributed by atoms with van der Waals surface area (Å²) >= 11 is 1.09. The topological polar surface area (TPSA) is 101 Å². The van der Waals surface area contributed by atoms with Crippen LogP contribution in [0.15, 0.2) is 57.6 Å². The van der Waals surface area contributed by atoms with E-state index in [0.717, 1.165) is 41.9 Å². The number of sulfonamides is 1. The Morgan fingerprint density at radius 1 is 1.18 bits per heavy atom. The molecule has 1 aromatic heterocycles. The molecule has 1 unspecified atom stereocenters. The van der Waals surface area contributed by atoms with Gasteiger partial charge in [-0.25, -0.2) is 13.3 Å². The quantitative estimate of drug-likeness (QED) is 0.235. The molecular weight excluding hydrogens is 476 g/mol. The average molecular weight is 503 g/mol. The van der Waals surface area contributed by atoms with E-state index < -0.39 is 33.8 Å². The van der Waals surface area contributed by atoms with Crippen LogP contribution in [-0.2, 0) is 24.4 Å². The zero-order valence-electron chi connectivity index (χ0n) is 18.8. The van der Waals surface area contributed by atoms with Crippen LogP contribution in [0.4, 0.5) is 5.69 Å². The molecule has 1 aromatic carbocycles. The first-order valence-corrected chi connectivity index (χ1v) is 13.5. The lowest BCUT2D eigenvalue weighted by molar-refractivity contribution is -0.132.